The van der Waals surface area contributed by atoms with Gasteiger partial charge in [-0.3, -0.25) is 0 Å². The highest BCUT2D eigenvalue weighted by Crippen LogP contribution is 2.14. The fourth-order valence-electron chi connectivity index (χ4n) is 1.06. The van der Waals surface area contributed by atoms with Crippen molar-refractivity contribution < 1.29 is 15.1 Å². The summed E-state index contributed by atoms with van der Waals surface area (Å²) >= 11 is 0. The van der Waals surface area contributed by atoms with Crippen molar-refractivity contribution in [3.8, 4) is 5.75 Å². The third kappa shape index (κ3) is 3.14. The normalized spacial score (nSPS) is 13.6. The van der Waals surface area contributed by atoms with Crippen LogP contribution in [-0.2, 0) is 6.61 Å². The van der Waals surface area contributed by atoms with Gasteiger partial charge in [-0.2, -0.15) is 0 Å². The minimum Gasteiger partial charge on any atom is -0.483 e. The van der Waals surface area contributed by atoms with Gasteiger partial charge in [0.2, 0.25) is 0 Å². The minimum absolute atomic E-state index is 0.00408. The molecule has 0 aliphatic rings. The summed E-state index contributed by atoms with van der Waals surface area (Å²) in [5, 5.41) is 20.2. The first kappa shape index (κ1) is 11.3. The van der Waals surface area contributed by atoms with Gasteiger partial charge in [-0.1, -0.05) is 17.3 Å². The van der Waals surface area contributed by atoms with E-state index >= 15 is 0 Å². The van der Waals surface area contributed by atoms with E-state index in [1.165, 1.54) is 0 Å². The summed E-state index contributed by atoms with van der Waals surface area (Å²) in [4.78, 5) is 0. The van der Waals surface area contributed by atoms with E-state index in [2.05, 4.69) is 5.16 Å². The number of nitrogens with two attached hydrogens (primary N) is 1. The van der Waals surface area contributed by atoms with Crippen LogP contribution in [0.5, 0.6) is 5.75 Å². The van der Waals surface area contributed by atoms with E-state index in [1.54, 1.807) is 31.2 Å². The molecule has 0 radical (unpaired) electrons. The third-order valence-corrected chi connectivity index (χ3v) is 1.93. The van der Waals surface area contributed by atoms with Crippen LogP contribution in [0.1, 0.15) is 12.5 Å². The lowest BCUT2D eigenvalue weighted by molar-refractivity contribution is 0.262. The van der Waals surface area contributed by atoms with Crippen LogP contribution in [-0.4, -0.2) is 22.3 Å². The van der Waals surface area contributed by atoms with Crippen molar-refractivity contribution in [1.82, 2.24) is 0 Å². The molecule has 0 bridgehead atoms. The first-order valence-corrected chi connectivity index (χ1v) is 4.51. The highest BCUT2D eigenvalue weighted by molar-refractivity contribution is 5.84. The monoisotopic (exact) mass is 210 g/mol. The molecule has 1 aromatic carbocycles. The van der Waals surface area contributed by atoms with Crippen LogP contribution in [0.4, 0.5) is 0 Å². The minimum atomic E-state index is -0.510. The lowest BCUT2D eigenvalue weighted by Gasteiger charge is -2.13. The Kier molecular flexibility index (Phi) is 3.93. The zero-order valence-electron chi connectivity index (χ0n) is 8.42. The van der Waals surface area contributed by atoms with Crippen molar-refractivity contribution >= 4 is 5.84 Å². The number of aliphatic hydroxyl groups excluding tert-OH is 1. The van der Waals surface area contributed by atoms with Crippen molar-refractivity contribution in [3.05, 3.63) is 29.8 Å². The second-order valence-electron chi connectivity index (χ2n) is 3.09. The van der Waals surface area contributed by atoms with E-state index in [4.69, 9.17) is 20.8 Å². The summed E-state index contributed by atoms with van der Waals surface area (Å²) in [6.07, 6.45) is -0.510. The van der Waals surface area contributed by atoms with Crippen molar-refractivity contribution in [2.45, 2.75) is 19.6 Å². The summed E-state index contributed by atoms with van der Waals surface area (Å²) in [5.74, 6) is 0.574. The zero-order chi connectivity index (χ0) is 11.3. The van der Waals surface area contributed by atoms with Crippen molar-refractivity contribution in [3.63, 3.8) is 0 Å². The number of ether oxygens (including phenoxy) is 1. The van der Waals surface area contributed by atoms with E-state index in [0.717, 1.165) is 5.56 Å². The molecule has 1 atom stereocenters. The summed E-state index contributed by atoms with van der Waals surface area (Å²) in [6, 6.07) is 6.97. The Bertz CT molecular complexity index is 352. The van der Waals surface area contributed by atoms with Gasteiger partial charge in [0.05, 0.1) is 6.61 Å². The summed E-state index contributed by atoms with van der Waals surface area (Å²) in [7, 11) is 0. The number of hydrogen-bond donors (Lipinski definition) is 3. The SMILES string of the molecule is CC(Oc1cccc(CO)c1)C(N)=NO. The predicted molar refractivity (Wildman–Crippen MR) is 55.9 cm³/mol. The van der Waals surface area contributed by atoms with Gasteiger partial charge in [0.15, 0.2) is 11.9 Å². The van der Waals surface area contributed by atoms with Gasteiger partial charge in [0, 0.05) is 0 Å². The van der Waals surface area contributed by atoms with Gasteiger partial charge < -0.3 is 20.8 Å². The molecule has 1 rings (SSSR count). The number of amidine groups is 1. The molecule has 5 nitrogen and oxygen atoms in total. The van der Waals surface area contributed by atoms with Gasteiger partial charge in [0.25, 0.3) is 0 Å². The largest absolute Gasteiger partial charge is 0.483 e. The molecule has 0 heterocycles. The maximum atomic E-state index is 8.91. The number of hydrogen-bond acceptors (Lipinski definition) is 4. The molecule has 0 saturated heterocycles. The number of benzene rings is 1. The second kappa shape index (κ2) is 5.21. The molecular weight excluding hydrogens is 196 g/mol. The van der Waals surface area contributed by atoms with E-state index in [1.807, 2.05) is 0 Å². The average Bonchev–Trinajstić information content (AvgIpc) is 2.28. The van der Waals surface area contributed by atoms with E-state index in [9.17, 15) is 0 Å². The highest BCUT2D eigenvalue weighted by atomic mass is 16.5. The zero-order valence-corrected chi connectivity index (χ0v) is 8.42. The number of oxime groups is 1. The van der Waals surface area contributed by atoms with Gasteiger partial charge in [-0.15, -0.1) is 0 Å². The number of aliphatic hydroxyl groups is 1. The lowest BCUT2D eigenvalue weighted by atomic mass is 10.2. The Morgan fingerprint density at radius 3 is 2.93 bits per heavy atom. The van der Waals surface area contributed by atoms with Crippen molar-refractivity contribution in [2.75, 3.05) is 0 Å². The van der Waals surface area contributed by atoms with Crippen LogP contribution in [0, 0.1) is 0 Å². The van der Waals surface area contributed by atoms with Crippen LogP contribution < -0.4 is 10.5 Å². The first-order valence-electron chi connectivity index (χ1n) is 4.51. The molecule has 4 N–H and O–H groups in total. The van der Waals surface area contributed by atoms with E-state index in [0.29, 0.717) is 5.75 Å². The van der Waals surface area contributed by atoms with Crippen LogP contribution in [0.25, 0.3) is 0 Å². The molecule has 0 saturated carbocycles. The van der Waals surface area contributed by atoms with Crippen LogP contribution in [0.15, 0.2) is 29.4 Å². The molecule has 0 spiro atoms. The van der Waals surface area contributed by atoms with Crippen LogP contribution >= 0.6 is 0 Å². The maximum absolute atomic E-state index is 8.91. The smallest absolute Gasteiger partial charge is 0.180 e. The van der Waals surface area contributed by atoms with Gasteiger partial charge in [-0.25, -0.2) is 0 Å². The molecule has 0 aliphatic carbocycles. The fraction of sp³-hybridized carbons (Fsp3) is 0.300. The predicted octanol–water partition coefficient (Wildman–Crippen LogP) is 0.693. The third-order valence-electron chi connectivity index (χ3n) is 1.93. The quantitative estimate of drug-likeness (QED) is 0.295. The standard InChI is InChI=1S/C10H14N2O3/c1-7(10(11)12-14)15-9-4-2-3-8(5-9)6-13/h2-5,7,13-14H,6H2,1H3,(H2,11,12). The Hall–Kier alpha value is -1.75. The van der Waals surface area contributed by atoms with Crippen molar-refractivity contribution in [2.24, 2.45) is 10.9 Å². The molecular formula is C10H14N2O3. The maximum Gasteiger partial charge on any atom is 0.180 e. The first-order chi connectivity index (χ1) is 7.17. The van der Waals surface area contributed by atoms with Crippen LogP contribution in [0.3, 0.4) is 0 Å². The molecule has 1 aromatic rings. The Morgan fingerprint density at radius 2 is 2.33 bits per heavy atom. The molecule has 0 aromatic heterocycles. The number of rotatable bonds is 4. The highest BCUT2D eigenvalue weighted by Gasteiger charge is 2.09. The molecule has 0 fully saturated rings. The number of nitrogens with zero attached hydrogens (tertiary/aromatic N) is 1. The summed E-state index contributed by atoms with van der Waals surface area (Å²) < 4.78 is 5.38. The van der Waals surface area contributed by atoms with Crippen molar-refractivity contribution in [1.29, 1.82) is 0 Å². The summed E-state index contributed by atoms with van der Waals surface area (Å²) in [5.41, 5.74) is 6.11. The molecule has 5 heteroatoms. The van der Waals surface area contributed by atoms with E-state index < -0.39 is 6.10 Å². The second-order valence-corrected chi connectivity index (χ2v) is 3.09. The Balaban J connectivity index is 2.72. The Labute approximate surface area is 87.8 Å². The molecule has 0 aliphatic heterocycles. The molecule has 15 heavy (non-hydrogen) atoms. The summed E-state index contributed by atoms with van der Waals surface area (Å²) in [6.45, 7) is 1.62. The molecule has 82 valence electrons. The topological polar surface area (TPSA) is 88.1 Å². The van der Waals surface area contributed by atoms with Gasteiger partial charge >= 0.3 is 0 Å². The van der Waals surface area contributed by atoms with Gasteiger partial charge in [-0.05, 0) is 24.6 Å². The van der Waals surface area contributed by atoms with E-state index in [-0.39, 0.29) is 12.4 Å². The van der Waals surface area contributed by atoms with Crippen LogP contribution in [0.2, 0.25) is 0 Å². The Morgan fingerprint density at radius 1 is 1.60 bits per heavy atom. The van der Waals surface area contributed by atoms with Gasteiger partial charge in [0.1, 0.15) is 5.75 Å². The molecule has 0 amide bonds. The lowest BCUT2D eigenvalue weighted by Crippen LogP contribution is -2.31. The average molecular weight is 210 g/mol. The molecule has 1 unspecified atom stereocenters. The fourth-order valence-corrected chi connectivity index (χ4v) is 1.06.